The molecular weight excluding hydrogens is 224 g/mol. The summed E-state index contributed by atoms with van der Waals surface area (Å²) in [4.78, 5) is 22.9. The van der Waals surface area contributed by atoms with Crippen LogP contribution in [0.2, 0.25) is 0 Å². The van der Waals surface area contributed by atoms with E-state index in [1.165, 1.54) is 7.11 Å². The highest BCUT2D eigenvalue weighted by atomic mass is 32.2. The van der Waals surface area contributed by atoms with Crippen molar-refractivity contribution < 1.29 is 14.3 Å². The van der Waals surface area contributed by atoms with Crippen molar-refractivity contribution in [3.63, 3.8) is 0 Å². The van der Waals surface area contributed by atoms with Crippen LogP contribution in [0.25, 0.3) is 0 Å². The molecule has 0 heterocycles. The molecule has 0 aliphatic carbocycles. The molecule has 0 aliphatic rings. The van der Waals surface area contributed by atoms with E-state index in [0.717, 1.165) is 3.82 Å². The number of thiol groups is 2. The molecule has 0 aromatic heterocycles. The molecule has 7 heteroatoms. The van der Waals surface area contributed by atoms with E-state index in [4.69, 9.17) is 0 Å². The van der Waals surface area contributed by atoms with E-state index in [1.54, 1.807) is 20.8 Å². The monoisotopic (exact) mass is 238 g/mol. The third-order valence-corrected chi connectivity index (χ3v) is 1.72. The van der Waals surface area contributed by atoms with Gasteiger partial charge in [0.15, 0.2) is 0 Å². The summed E-state index contributed by atoms with van der Waals surface area (Å²) in [6, 6.07) is 0. The molecule has 0 rings (SSSR count). The maximum absolute atomic E-state index is 11.7. The lowest BCUT2D eigenvalue weighted by Gasteiger charge is -2.28. The number of hydrazine groups is 1. The van der Waals surface area contributed by atoms with Gasteiger partial charge >= 0.3 is 6.09 Å². The number of ether oxygens (including phenoxy) is 1. The van der Waals surface area contributed by atoms with E-state index in [1.807, 2.05) is 0 Å². The molecule has 5 nitrogen and oxygen atoms in total. The van der Waals surface area contributed by atoms with Crippen LogP contribution in [0.15, 0.2) is 0 Å². The molecule has 82 valence electrons. The highest BCUT2D eigenvalue weighted by molar-refractivity contribution is 7.93. The number of rotatable bonds is 1. The van der Waals surface area contributed by atoms with Crippen molar-refractivity contribution in [3.05, 3.63) is 0 Å². The third kappa shape index (κ3) is 3.39. The Hall–Kier alpha value is -0.400. The van der Waals surface area contributed by atoms with Crippen molar-refractivity contribution in [2.24, 2.45) is 5.41 Å². The number of hydrogen-bond acceptors (Lipinski definition) is 6. The van der Waals surface area contributed by atoms with E-state index in [2.05, 4.69) is 30.4 Å². The van der Waals surface area contributed by atoms with Crippen LogP contribution in [0.3, 0.4) is 0 Å². The summed E-state index contributed by atoms with van der Waals surface area (Å²) < 4.78 is 5.21. The van der Waals surface area contributed by atoms with Crippen LogP contribution in [-0.4, -0.2) is 27.9 Å². The second kappa shape index (κ2) is 4.90. The fraction of sp³-hybridized carbons (Fsp3) is 0.714. The van der Waals surface area contributed by atoms with Crippen LogP contribution in [0.4, 0.5) is 4.79 Å². The highest BCUT2D eigenvalue weighted by Gasteiger charge is 2.34. The van der Waals surface area contributed by atoms with Crippen molar-refractivity contribution >= 4 is 37.6 Å². The first-order chi connectivity index (χ1) is 6.21. The maximum atomic E-state index is 11.7. The predicted octanol–water partition coefficient (Wildman–Crippen LogP) is 1.53. The van der Waals surface area contributed by atoms with Gasteiger partial charge in [-0.1, -0.05) is 50.2 Å². The first kappa shape index (κ1) is 13.6. The third-order valence-electron chi connectivity index (χ3n) is 1.36. The van der Waals surface area contributed by atoms with Crippen LogP contribution in [0.5, 0.6) is 0 Å². The molecule has 2 amide bonds. The molecule has 0 aliphatic heterocycles. The lowest BCUT2D eigenvalue weighted by molar-refractivity contribution is -0.141. The largest absolute Gasteiger partial charge is 0.451 e. The first-order valence-corrected chi connectivity index (χ1v) is 4.62. The number of amides is 2. The minimum Gasteiger partial charge on any atom is -0.451 e. The summed E-state index contributed by atoms with van der Waals surface area (Å²) in [6.45, 7) is 5.03. The van der Waals surface area contributed by atoms with Crippen LogP contribution in [0.1, 0.15) is 20.8 Å². The van der Waals surface area contributed by atoms with Gasteiger partial charge in [-0.2, -0.15) is 5.01 Å². The number of methoxy groups -OCH3 is 1. The van der Waals surface area contributed by atoms with E-state index in [9.17, 15) is 9.59 Å². The SMILES string of the molecule is COC(=O)N(C(=O)C(C)(C)C)N(S)S. The van der Waals surface area contributed by atoms with E-state index in [-0.39, 0.29) is 0 Å². The molecular formula is C7H14N2O3S2. The van der Waals surface area contributed by atoms with E-state index < -0.39 is 17.4 Å². The van der Waals surface area contributed by atoms with E-state index in [0.29, 0.717) is 5.01 Å². The lowest BCUT2D eigenvalue weighted by atomic mass is 9.95. The Morgan fingerprint density at radius 3 is 1.86 bits per heavy atom. The van der Waals surface area contributed by atoms with Gasteiger partial charge in [-0.15, -0.1) is 0 Å². The average Bonchev–Trinajstić information content (AvgIpc) is 2.01. The Kier molecular flexibility index (Phi) is 4.76. The summed E-state index contributed by atoms with van der Waals surface area (Å²) in [7, 11) is 1.18. The molecule has 14 heavy (non-hydrogen) atoms. The molecule has 0 radical (unpaired) electrons. The van der Waals surface area contributed by atoms with Gasteiger partial charge in [-0.05, 0) is 0 Å². The molecule has 0 aromatic rings. The summed E-state index contributed by atoms with van der Waals surface area (Å²) >= 11 is 7.52. The van der Waals surface area contributed by atoms with Crippen molar-refractivity contribution in [3.8, 4) is 0 Å². The molecule has 0 atom stereocenters. The van der Waals surface area contributed by atoms with Crippen LogP contribution in [-0.2, 0) is 9.53 Å². The molecule has 0 unspecified atom stereocenters. The zero-order chi connectivity index (χ0) is 11.5. The maximum Gasteiger partial charge on any atom is 0.432 e. The Labute approximate surface area is 94.4 Å². The topological polar surface area (TPSA) is 49.9 Å². The standard InChI is InChI=1S/C7H14N2O3S2/c1-7(2,3)5(10)8(9(13)14)6(11)12-4/h13-14H,1-4H3. The molecule has 0 bridgehead atoms. The van der Waals surface area contributed by atoms with E-state index >= 15 is 0 Å². The number of hydrogen-bond donors (Lipinski definition) is 2. The van der Waals surface area contributed by atoms with Gasteiger partial charge in [-0.25, -0.2) is 4.79 Å². The fourth-order valence-electron chi connectivity index (χ4n) is 0.641. The summed E-state index contributed by atoms with van der Waals surface area (Å²) in [6.07, 6.45) is -0.824. The van der Waals surface area contributed by atoms with Gasteiger partial charge in [0, 0.05) is 5.41 Å². The Bertz CT molecular complexity index is 238. The zero-order valence-corrected chi connectivity index (χ0v) is 10.3. The molecule has 0 saturated heterocycles. The van der Waals surface area contributed by atoms with Gasteiger partial charge in [-0.3, -0.25) is 4.79 Å². The van der Waals surface area contributed by atoms with Gasteiger partial charge in [0.1, 0.15) is 0 Å². The van der Waals surface area contributed by atoms with Gasteiger partial charge in [0.05, 0.1) is 7.11 Å². The van der Waals surface area contributed by atoms with Crippen molar-refractivity contribution in [2.75, 3.05) is 7.11 Å². The molecule has 0 aromatic carbocycles. The summed E-state index contributed by atoms with van der Waals surface area (Å²) in [5.74, 6) is -0.450. The van der Waals surface area contributed by atoms with Crippen LogP contribution in [0, 0.1) is 5.41 Å². The number of imide groups is 1. The van der Waals surface area contributed by atoms with Gasteiger partial charge < -0.3 is 4.74 Å². The number of carbonyl (C=O) groups is 2. The highest BCUT2D eigenvalue weighted by Crippen LogP contribution is 2.21. The Morgan fingerprint density at radius 2 is 1.64 bits per heavy atom. The molecule has 0 fully saturated rings. The molecule has 0 N–H and O–H groups in total. The van der Waals surface area contributed by atoms with Crippen LogP contribution < -0.4 is 0 Å². The number of carbonyl (C=O) groups excluding carboxylic acids is 2. The van der Waals surface area contributed by atoms with Crippen molar-refractivity contribution in [1.82, 2.24) is 8.83 Å². The van der Waals surface area contributed by atoms with Crippen molar-refractivity contribution in [2.45, 2.75) is 20.8 Å². The fourth-order valence-corrected chi connectivity index (χ4v) is 0.950. The van der Waals surface area contributed by atoms with Gasteiger partial charge in [0.2, 0.25) is 0 Å². The lowest BCUT2D eigenvalue weighted by Crippen LogP contribution is -2.47. The van der Waals surface area contributed by atoms with Crippen LogP contribution >= 0.6 is 25.6 Å². The second-order valence-electron chi connectivity index (χ2n) is 3.61. The minimum absolute atomic E-state index is 0.450. The normalized spacial score (nSPS) is 11.4. The Morgan fingerprint density at radius 1 is 1.21 bits per heavy atom. The predicted molar refractivity (Wildman–Crippen MR) is 58.5 cm³/mol. The summed E-state index contributed by atoms with van der Waals surface area (Å²) in [5.41, 5.74) is -0.710. The molecule has 0 saturated carbocycles. The molecule has 0 spiro atoms. The van der Waals surface area contributed by atoms with Crippen molar-refractivity contribution in [1.29, 1.82) is 0 Å². The van der Waals surface area contributed by atoms with Gasteiger partial charge in [0.25, 0.3) is 5.91 Å². The summed E-state index contributed by atoms with van der Waals surface area (Å²) in [5, 5.41) is 0.701. The number of nitrogens with zero attached hydrogens (tertiary/aromatic N) is 2. The average molecular weight is 238 g/mol. The second-order valence-corrected chi connectivity index (χ2v) is 4.68. The Balaban J connectivity index is 4.86. The smallest absolute Gasteiger partial charge is 0.432 e. The zero-order valence-electron chi connectivity index (χ0n) is 8.51. The quantitative estimate of drug-likeness (QED) is 0.537. The first-order valence-electron chi connectivity index (χ1n) is 3.82. The minimum atomic E-state index is -0.824.